The van der Waals surface area contributed by atoms with Crippen molar-refractivity contribution in [2.75, 3.05) is 6.61 Å². The number of rotatable bonds is 6. The maximum Gasteiger partial charge on any atom is 1.00 e. The molecule has 0 bridgehead atoms. The summed E-state index contributed by atoms with van der Waals surface area (Å²) in [5.74, 6) is -0.182. The van der Waals surface area contributed by atoms with Crippen LogP contribution in [0.2, 0.25) is 0 Å². The van der Waals surface area contributed by atoms with Gasteiger partial charge in [-0.2, -0.15) is 0 Å². The largest absolute Gasteiger partial charge is 1.00 e. The Kier molecular flexibility index (Phi) is 8.62. The molecular formula is C18H20NNaO9S. The topological polar surface area (TPSA) is 154 Å². The Morgan fingerprint density at radius 1 is 1.23 bits per heavy atom. The average molecular weight is 449 g/mol. The number of fused-ring (bicyclic) bond motifs is 1. The smallest absolute Gasteiger partial charge is 0.726 e. The predicted octanol–water partition coefficient (Wildman–Crippen LogP) is -3.35. The van der Waals surface area contributed by atoms with Gasteiger partial charge in [-0.05, 0) is 11.5 Å². The van der Waals surface area contributed by atoms with Gasteiger partial charge in [0.1, 0.15) is 30.1 Å². The molecule has 158 valence electrons. The number of hydrogen-bond acceptors (Lipinski definition) is 9. The average Bonchev–Trinajstić information content (AvgIpc) is 2.66. The maximum absolute atomic E-state index is 11.6. The summed E-state index contributed by atoms with van der Waals surface area (Å²) in [6.45, 7) is 0.416. The van der Waals surface area contributed by atoms with Gasteiger partial charge in [0.15, 0.2) is 0 Å². The number of carbonyl (C=O) groups excluding carboxylic acids is 1. The zero-order valence-electron chi connectivity index (χ0n) is 16.3. The number of hydrogen-bond donors (Lipinski definition) is 3. The van der Waals surface area contributed by atoms with Crippen LogP contribution in [0.1, 0.15) is 6.92 Å². The van der Waals surface area contributed by atoms with Gasteiger partial charge in [-0.15, -0.1) is 0 Å². The van der Waals surface area contributed by atoms with Crippen LogP contribution in [-0.2, 0) is 24.1 Å². The quantitative estimate of drug-likeness (QED) is 0.233. The standard InChI is InChI=1S/C18H21NO9S.Na/c1-10(21)19-15-16(22)17(28-29(23,24)25)14(9-20)27-18(15)26-13-8-4-6-11-5-2-3-7-12(11)13;/h2-8,14-18,20,22H,9H2,1H3,(H,19,21)(H,23,24,25);/q;+1/p-1/t14-,15-,16-,17+,18-;/m1./s1. The predicted molar refractivity (Wildman–Crippen MR) is 98.5 cm³/mol. The van der Waals surface area contributed by atoms with Crippen LogP contribution in [0.3, 0.4) is 0 Å². The molecule has 1 aliphatic rings. The molecule has 2 aromatic rings. The van der Waals surface area contributed by atoms with E-state index in [0.29, 0.717) is 5.75 Å². The first-order valence-electron chi connectivity index (χ1n) is 8.69. The summed E-state index contributed by atoms with van der Waals surface area (Å²) in [6.07, 6.45) is -6.13. The van der Waals surface area contributed by atoms with Crippen molar-refractivity contribution < 1.29 is 71.2 Å². The first kappa shape index (κ1) is 25.0. The summed E-state index contributed by atoms with van der Waals surface area (Å²) in [4.78, 5) is 11.6. The molecule has 1 aliphatic heterocycles. The van der Waals surface area contributed by atoms with Crippen LogP contribution >= 0.6 is 0 Å². The molecule has 1 amide bonds. The third-order valence-corrected chi connectivity index (χ3v) is 4.90. The van der Waals surface area contributed by atoms with Crippen molar-refractivity contribution in [1.82, 2.24) is 5.32 Å². The fraction of sp³-hybridized carbons (Fsp3) is 0.389. The molecule has 1 saturated heterocycles. The van der Waals surface area contributed by atoms with Crippen LogP contribution in [0.15, 0.2) is 42.5 Å². The molecule has 0 unspecified atom stereocenters. The third-order valence-electron chi connectivity index (χ3n) is 4.44. The monoisotopic (exact) mass is 449 g/mol. The van der Waals surface area contributed by atoms with Gasteiger partial charge >= 0.3 is 29.6 Å². The van der Waals surface area contributed by atoms with E-state index in [1.54, 1.807) is 24.3 Å². The number of benzene rings is 2. The molecule has 5 atom stereocenters. The Hall–Kier alpha value is -1.28. The van der Waals surface area contributed by atoms with Crippen LogP contribution in [0.25, 0.3) is 10.8 Å². The zero-order chi connectivity index (χ0) is 21.2. The molecule has 30 heavy (non-hydrogen) atoms. The Bertz CT molecular complexity index is 981. The van der Waals surface area contributed by atoms with Gasteiger partial charge < -0.3 is 29.6 Å². The SMILES string of the molecule is CC(=O)N[C@H]1[C@H](Oc2cccc3ccccc23)O[C@H](CO)[C@H](OS(=O)(=O)[O-])[C@@H]1O.[Na+]. The molecular weight excluding hydrogens is 429 g/mol. The van der Waals surface area contributed by atoms with Gasteiger partial charge in [0.05, 0.1) is 6.61 Å². The summed E-state index contributed by atoms with van der Waals surface area (Å²) in [6, 6.07) is 11.3. The number of amides is 1. The van der Waals surface area contributed by atoms with Gasteiger partial charge in [0.25, 0.3) is 0 Å². The molecule has 0 saturated carbocycles. The van der Waals surface area contributed by atoms with E-state index in [4.69, 9.17) is 9.47 Å². The molecule has 0 spiro atoms. The van der Waals surface area contributed by atoms with Gasteiger partial charge in [0, 0.05) is 12.3 Å². The molecule has 10 nitrogen and oxygen atoms in total. The van der Waals surface area contributed by atoms with E-state index in [1.807, 2.05) is 18.2 Å². The second kappa shape index (κ2) is 10.4. The molecule has 1 heterocycles. The van der Waals surface area contributed by atoms with E-state index in [1.165, 1.54) is 6.92 Å². The van der Waals surface area contributed by atoms with Crippen molar-refractivity contribution in [3.05, 3.63) is 42.5 Å². The van der Waals surface area contributed by atoms with Crippen LogP contribution in [0.5, 0.6) is 5.75 Å². The van der Waals surface area contributed by atoms with Gasteiger partial charge in [-0.1, -0.05) is 36.4 Å². The van der Waals surface area contributed by atoms with Crippen LogP contribution in [-0.4, -0.2) is 66.3 Å². The molecule has 3 rings (SSSR count). The summed E-state index contributed by atoms with van der Waals surface area (Å²) in [7, 11) is -5.21. The van der Waals surface area contributed by atoms with Gasteiger partial charge in [0.2, 0.25) is 22.6 Å². The number of aliphatic hydroxyl groups excluding tert-OH is 2. The summed E-state index contributed by atoms with van der Waals surface area (Å²) >= 11 is 0. The Balaban J connectivity index is 0.00000320. The van der Waals surface area contributed by atoms with Gasteiger partial charge in [-0.3, -0.25) is 8.98 Å². The second-order valence-corrected chi connectivity index (χ2v) is 7.52. The van der Waals surface area contributed by atoms with Crippen LogP contribution in [0.4, 0.5) is 0 Å². The number of carbonyl (C=O) groups is 1. The summed E-state index contributed by atoms with van der Waals surface area (Å²) in [5, 5.41) is 24.1. The van der Waals surface area contributed by atoms with E-state index in [9.17, 15) is 28.0 Å². The van der Waals surface area contributed by atoms with E-state index < -0.39 is 53.6 Å². The number of aliphatic hydroxyl groups is 2. The minimum absolute atomic E-state index is 0. The zero-order valence-corrected chi connectivity index (χ0v) is 19.1. The molecule has 0 radical (unpaired) electrons. The second-order valence-electron chi connectivity index (χ2n) is 6.51. The first-order chi connectivity index (χ1) is 13.7. The molecule has 3 N–H and O–H groups in total. The first-order valence-corrected chi connectivity index (χ1v) is 10.0. The van der Waals surface area contributed by atoms with E-state index >= 15 is 0 Å². The Labute approximate surface area is 195 Å². The normalized spacial score (nSPS) is 26.6. The molecule has 12 heteroatoms. The van der Waals surface area contributed by atoms with Crippen molar-refractivity contribution in [1.29, 1.82) is 0 Å². The van der Waals surface area contributed by atoms with Crippen molar-refractivity contribution in [2.24, 2.45) is 0 Å². The van der Waals surface area contributed by atoms with Crippen molar-refractivity contribution >= 4 is 27.1 Å². The summed E-state index contributed by atoms with van der Waals surface area (Å²) < 4.78 is 48.8. The van der Waals surface area contributed by atoms with Gasteiger partial charge in [-0.25, -0.2) is 8.42 Å². The molecule has 1 fully saturated rings. The summed E-state index contributed by atoms with van der Waals surface area (Å²) in [5.41, 5.74) is 0. The number of nitrogens with one attached hydrogen (secondary N) is 1. The van der Waals surface area contributed by atoms with Crippen molar-refractivity contribution in [2.45, 2.75) is 37.6 Å². The van der Waals surface area contributed by atoms with E-state index in [0.717, 1.165) is 10.8 Å². The molecule has 0 aliphatic carbocycles. The molecule has 0 aromatic heterocycles. The third kappa shape index (κ3) is 5.90. The minimum atomic E-state index is -5.21. The molecule has 2 aromatic carbocycles. The van der Waals surface area contributed by atoms with E-state index in [2.05, 4.69) is 9.50 Å². The van der Waals surface area contributed by atoms with Crippen LogP contribution in [0, 0.1) is 0 Å². The number of ether oxygens (including phenoxy) is 2. The maximum atomic E-state index is 11.6. The van der Waals surface area contributed by atoms with Crippen LogP contribution < -0.4 is 39.6 Å². The van der Waals surface area contributed by atoms with Crippen molar-refractivity contribution in [3.63, 3.8) is 0 Å². The fourth-order valence-electron chi connectivity index (χ4n) is 3.23. The fourth-order valence-corrected chi connectivity index (χ4v) is 3.74. The van der Waals surface area contributed by atoms with E-state index in [-0.39, 0.29) is 29.6 Å². The Morgan fingerprint density at radius 2 is 1.90 bits per heavy atom. The van der Waals surface area contributed by atoms with Crippen molar-refractivity contribution in [3.8, 4) is 5.75 Å². The Morgan fingerprint density at radius 3 is 2.53 bits per heavy atom. The minimum Gasteiger partial charge on any atom is -0.726 e.